The molecule has 1 unspecified atom stereocenters. The van der Waals surface area contributed by atoms with Gasteiger partial charge in [-0.3, -0.25) is 4.79 Å². The van der Waals surface area contributed by atoms with E-state index in [-0.39, 0.29) is 24.2 Å². The number of fused-ring (bicyclic) bond motifs is 1. The number of hydrogen-bond acceptors (Lipinski definition) is 1. The van der Waals surface area contributed by atoms with E-state index < -0.39 is 11.6 Å². The number of aryl methyl sites for hydroxylation is 1. The van der Waals surface area contributed by atoms with E-state index in [2.05, 4.69) is 17.4 Å². The van der Waals surface area contributed by atoms with Crippen molar-refractivity contribution in [1.82, 2.24) is 0 Å². The number of hydrogen-bond donors (Lipinski definition) is 2. The average molecular weight is 331 g/mol. The van der Waals surface area contributed by atoms with E-state index in [1.165, 1.54) is 11.1 Å². The number of benzene rings is 2. The minimum absolute atomic E-state index is 0.114. The Labute approximate surface area is 140 Å². The van der Waals surface area contributed by atoms with Crippen LogP contribution in [-0.4, -0.2) is 19.5 Å². The second-order valence-electron chi connectivity index (χ2n) is 6.34. The van der Waals surface area contributed by atoms with Gasteiger partial charge in [0.2, 0.25) is 0 Å². The molecule has 2 aromatic rings. The Morgan fingerprint density at radius 2 is 2.04 bits per heavy atom. The number of carbonyl (C=O) groups is 1. The first-order valence-corrected chi connectivity index (χ1v) is 8.19. The van der Waals surface area contributed by atoms with Gasteiger partial charge >= 0.3 is 0 Å². The predicted molar refractivity (Wildman–Crippen MR) is 88.9 cm³/mol. The van der Waals surface area contributed by atoms with Gasteiger partial charge in [0.1, 0.15) is 17.7 Å². The number of carbonyl (C=O) groups excluding carboxylic acids is 1. The number of quaternary nitrogens is 1. The van der Waals surface area contributed by atoms with Crippen LogP contribution in [-0.2, 0) is 11.2 Å². The molecule has 0 saturated carbocycles. The highest BCUT2D eigenvalue weighted by Crippen LogP contribution is 2.27. The van der Waals surface area contributed by atoms with E-state index in [1.54, 1.807) is 0 Å². The van der Waals surface area contributed by atoms with Crippen molar-refractivity contribution in [3.05, 3.63) is 65.2 Å². The van der Waals surface area contributed by atoms with Crippen molar-refractivity contribution in [2.75, 3.05) is 18.9 Å². The van der Waals surface area contributed by atoms with Crippen molar-refractivity contribution in [3.63, 3.8) is 0 Å². The lowest BCUT2D eigenvalue weighted by Gasteiger charge is -2.30. The summed E-state index contributed by atoms with van der Waals surface area (Å²) in [6, 6.07) is 11.6. The monoisotopic (exact) mass is 331 g/mol. The van der Waals surface area contributed by atoms with Crippen LogP contribution in [0.5, 0.6) is 0 Å². The highest BCUT2D eigenvalue weighted by Gasteiger charge is 2.28. The van der Waals surface area contributed by atoms with Crippen LogP contribution in [0.4, 0.5) is 14.5 Å². The Hall–Kier alpha value is -2.27. The van der Waals surface area contributed by atoms with Gasteiger partial charge < -0.3 is 10.2 Å². The largest absolute Gasteiger partial charge is 0.323 e. The van der Waals surface area contributed by atoms with Crippen molar-refractivity contribution in [1.29, 1.82) is 0 Å². The van der Waals surface area contributed by atoms with Crippen molar-refractivity contribution in [3.8, 4) is 0 Å². The molecule has 126 valence electrons. The van der Waals surface area contributed by atoms with Crippen LogP contribution < -0.4 is 10.2 Å². The normalized spacial score (nSPS) is 17.9. The van der Waals surface area contributed by atoms with Gasteiger partial charge in [-0.05, 0) is 30.5 Å². The molecule has 0 aliphatic heterocycles. The van der Waals surface area contributed by atoms with Crippen LogP contribution in [0.1, 0.15) is 30.0 Å². The number of likely N-dealkylation sites (N-methyl/N-ethyl adjacent to an activating group) is 1. The number of anilines is 1. The minimum atomic E-state index is -0.634. The Bertz CT molecular complexity index is 748. The highest BCUT2D eigenvalue weighted by molar-refractivity contribution is 5.91. The fourth-order valence-electron chi connectivity index (χ4n) is 3.43. The van der Waals surface area contributed by atoms with Gasteiger partial charge in [0.25, 0.3) is 5.91 Å². The lowest BCUT2D eigenvalue weighted by molar-refractivity contribution is -0.905. The molecule has 0 radical (unpaired) electrons. The van der Waals surface area contributed by atoms with E-state index in [0.29, 0.717) is 0 Å². The van der Waals surface area contributed by atoms with E-state index in [4.69, 9.17) is 0 Å². The van der Waals surface area contributed by atoms with Gasteiger partial charge in [0, 0.05) is 18.1 Å². The Kier molecular flexibility index (Phi) is 4.90. The fraction of sp³-hybridized carbons (Fsp3) is 0.316. The molecular weight excluding hydrogens is 310 g/mol. The Balaban J connectivity index is 1.68. The highest BCUT2D eigenvalue weighted by atomic mass is 19.1. The maximum Gasteiger partial charge on any atom is 0.279 e. The molecule has 1 amide bonds. The van der Waals surface area contributed by atoms with Crippen molar-refractivity contribution in [2.45, 2.75) is 25.3 Å². The van der Waals surface area contributed by atoms with Crippen LogP contribution in [0.3, 0.4) is 0 Å². The number of nitrogens with one attached hydrogen (secondary N) is 2. The lowest BCUT2D eigenvalue weighted by atomic mass is 9.87. The van der Waals surface area contributed by atoms with Crippen molar-refractivity contribution in [2.24, 2.45) is 0 Å². The minimum Gasteiger partial charge on any atom is -0.323 e. The Morgan fingerprint density at radius 3 is 2.88 bits per heavy atom. The van der Waals surface area contributed by atoms with E-state index in [1.807, 2.05) is 19.2 Å². The zero-order valence-corrected chi connectivity index (χ0v) is 13.6. The number of amides is 1. The SMILES string of the molecule is C[NH+](CC(=O)Nc1cc(F)ccc1F)[C@H]1CCCc2ccccc21. The molecule has 0 spiro atoms. The zero-order chi connectivity index (χ0) is 17.1. The zero-order valence-electron chi connectivity index (χ0n) is 13.6. The van der Waals surface area contributed by atoms with Crippen LogP contribution in [0.2, 0.25) is 0 Å². The van der Waals surface area contributed by atoms with Crippen molar-refractivity contribution >= 4 is 11.6 Å². The molecule has 5 heteroatoms. The molecule has 0 bridgehead atoms. The smallest absolute Gasteiger partial charge is 0.279 e. The van der Waals surface area contributed by atoms with Gasteiger partial charge in [-0.2, -0.15) is 0 Å². The van der Waals surface area contributed by atoms with E-state index >= 15 is 0 Å². The first-order valence-electron chi connectivity index (χ1n) is 8.19. The first-order chi connectivity index (χ1) is 11.5. The van der Waals surface area contributed by atoms with Gasteiger partial charge in [0.05, 0.1) is 12.7 Å². The summed E-state index contributed by atoms with van der Waals surface area (Å²) in [5, 5.41) is 2.47. The molecule has 3 rings (SSSR count). The molecule has 1 aliphatic rings. The molecule has 2 aromatic carbocycles. The summed E-state index contributed by atoms with van der Waals surface area (Å²) in [5.41, 5.74) is 2.51. The van der Waals surface area contributed by atoms with Gasteiger partial charge in [-0.15, -0.1) is 0 Å². The molecule has 3 nitrogen and oxygen atoms in total. The van der Waals surface area contributed by atoms with Crippen LogP contribution >= 0.6 is 0 Å². The van der Waals surface area contributed by atoms with Crippen LogP contribution in [0.25, 0.3) is 0 Å². The molecule has 2 atom stereocenters. The summed E-state index contributed by atoms with van der Waals surface area (Å²) in [6.07, 6.45) is 3.18. The summed E-state index contributed by atoms with van der Waals surface area (Å²) >= 11 is 0. The Morgan fingerprint density at radius 1 is 1.25 bits per heavy atom. The van der Waals surface area contributed by atoms with Gasteiger partial charge in [-0.25, -0.2) is 8.78 Å². The maximum absolute atomic E-state index is 13.6. The lowest BCUT2D eigenvalue weighted by Crippen LogP contribution is -3.10. The molecule has 0 aromatic heterocycles. The summed E-state index contributed by atoms with van der Waals surface area (Å²) in [6.45, 7) is 0.203. The maximum atomic E-state index is 13.6. The molecule has 24 heavy (non-hydrogen) atoms. The molecule has 1 aliphatic carbocycles. The second kappa shape index (κ2) is 7.09. The average Bonchev–Trinajstić information content (AvgIpc) is 2.57. The third kappa shape index (κ3) is 3.62. The van der Waals surface area contributed by atoms with Crippen LogP contribution in [0.15, 0.2) is 42.5 Å². The molecular formula is C19H21F2N2O+. The third-order valence-corrected chi connectivity index (χ3v) is 4.61. The summed E-state index contributed by atoms with van der Waals surface area (Å²) in [7, 11) is 1.97. The molecule has 0 fully saturated rings. The fourth-order valence-corrected chi connectivity index (χ4v) is 3.43. The predicted octanol–water partition coefficient (Wildman–Crippen LogP) is 2.50. The first kappa shape index (κ1) is 16.6. The molecule has 0 saturated heterocycles. The summed E-state index contributed by atoms with van der Waals surface area (Å²) < 4.78 is 26.8. The third-order valence-electron chi connectivity index (χ3n) is 4.61. The van der Waals surface area contributed by atoms with Gasteiger partial charge in [0.15, 0.2) is 6.54 Å². The molecule has 0 heterocycles. The van der Waals surface area contributed by atoms with E-state index in [0.717, 1.165) is 42.4 Å². The topological polar surface area (TPSA) is 33.5 Å². The second-order valence-corrected chi connectivity index (χ2v) is 6.34. The van der Waals surface area contributed by atoms with Crippen molar-refractivity contribution < 1.29 is 18.5 Å². The standard InChI is InChI=1S/C19H20F2N2O/c1-23(18-8-4-6-13-5-2-3-7-15(13)18)12-19(24)22-17-11-14(20)9-10-16(17)21/h2-3,5,7,9-11,18H,4,6,8,12H2,1H3,(H,22,24)/p+1/t18-/m0/s1. The van der Waals surface area contributed by atoms with Crippen LogP contribution in [0, 0.1) is 11.6 Å². The quantitative estimate of drug-likeness (QED) is 0.887. The number of rotatable bonds is 4. The number of halogens is 2. The summed E-state index contributed by atoms with van der Waals surface area (Å²) in [4.78, 5) is 13.3. The summed E-state index contributed by atoms with van der Waals surface area (Å²) in [5.74, 6) is -1.53. The van der Waals surface area contributed by atoms with E-state index in [9.17, 15) is 13.6 Å². The molecule has 2 N–H and O–H groups in total. The van der Waals surface area contributed by atoms with Gasteiger partial charge in [-0.1, -0.05) is 24.3 Å².